The molecule has 1 heterocycles. The van der Waals surface area contributed by atoms with Crippen molar-refractivity contribution in [1.29, 1.82) is 0 Å². The molecule has 0 aliphatic carbocycles. The highest BCUT2D eigenvalue weighted by atomic mass is 79.9. The van der Waals surface area contributed by atoms with Crippen LogP contribution < -0.4 is 9.64 Å². The van der Waals surface area contributed by atoms with Gasteiger partial charge in [-0.05, 0) is 22.0 Å². The average Bonchev–Trinajstić information content (AvgIpc) is 2.73. The molecule has 19 heavy (non-hydrogen) atoms. The van der Waals surface area contributed by atoms with E-state index in [2.05, 4.69) is 26.1 Å². The summed E-state index contributed by atoms with van der Waals surface area (Å²) in [4.78, 5) is 1.75. The predicted molar refractivity (Wildman–Crippen MR) is 72.5 cm³/mol. The molecule has 4 nitrogen and oxygen atoms in total. The van der Waals surface area contributed by atoms with Crippen molar-refractivity contribution in [3.05, 3.63) is 28.2 Å². The molecule has 1 aromatic heterocycles. The third kappa shape index (κ3) is 2.42. The molecule has 0 aliphatic rings. The molecule has 1 aromatic carbocycles. The number of ether oxygens (including phenoxy) is 1. The molecular formula is C12H12BrF2N3O. The fourth-order valence-electron chi connectivity index (χ4n) is 1.67. The number of anilines is 1. The van der Waals surface area contributed by atoms with E-state index >= 15 is 0 Å². The summed E-state index contributed by atoms with van der Waals surface area (Å²) in [5.41, 5.74) is 0.466. The SMILES string of the molecule is COc1cc(F)c(-c2[nH]nc(N(C)C)c2Br)cc1F. The van der Waals surface area contributed by atoms with Gasteiger partial charge in [-0.1, -0.05) is 0 Å². The summed E-state index contributed by atoms with van der Waals surface area (Å²) in [6.45, 7) is 0. The van der Waals surface area contributed by atoms with Crippen molar-refractivity contribution in [2.24, 2.45) is 0 Å². The van der Waals surface area contributed by atoms with Crippen LogP contribution >= 0.6 is 15.9 Å². The molecule has 0 radical (unpaired) electrons. The van der Waals surface area contributed by atoms with Gasteiger partial charge < -0.3 is 9.64 Å². The molecule has 102 valence electrons. The van der Waals surface area contributed by atoms with Gasteiger partial charge in [-0.3, -0.25) is 5.10 Å². The molecule has 7 heteroatoms. The number of hydrogen-bond acceptors (Lipinski definition) is 3. The van der Waals surface area contributed by atoms with Crippen LogP contribution in [0.3, 0.4) is 0 Å². The van der Waals surface area contributed by atoms with Gasteiger partial charge in [0.2, 0.25) is 0 Å². The summed E-state index contributed by atoms with van der Waals surface area (Å²) >= 11 is 3.33. The molecule has 0 atom stereocenters. The van der Waals surface area contributed by atoms with Crippen LogP contribution in [0.1, 0.15) is 0 Å². The molecule has 0 spiro atoms. The molecule has 0 aliphatic heterocycles. The number of aromatic nitrogens is 2. The second-order valence-electron chi connectivity index (χ2n) is 4.10. The van der Waals surface area contributed by atoms with Crippen molar-refractivity contribution in [2.75, 3.05) is 26.1 Å². The van der Waals surface area contributed by atoms with Crippen molar-refractivity contribution in [2.45, 2.75) is 0 Å². The van der Waals surface area contributed by atoms with E-state index in [1.54, 1.807) is 19.0 Å². The van der Waals surface area contributed by atoms with E-state index in [9.17, 15) is 8.78 Å². The van der Waals surface area contributed by atoms with Gasteiger partial charge in [0.1, 0.15) is 5.82 Å². The normalized spacial score (nSPS) is 10.6. The van der Waals surface area contributed by atoms with Gasteiger partial charge in [0.15, 0.2) is 17.4 Å². The number of hydrogen-bond donors (Lipinski definition) is 1. The van der Waals surface area contributed by atoms with E-state index in [0.29, 0.717) is 16.0 Å². The van der Waals surface area contributed by atoms with Crippen LogP contribution in [0.2, 0.25) is 0 Å². The Kier molecular flexibility index (Phi) is 3.75. The third-order valence-corrected chi connectivity index (χ3v) is 3.37. The summed E-state index contributed by atoms with van der Waals surface area (Å²) in [5, 5.41) is 6.73. The van der Waals surface area contributed by atoms with Crippen molar-refractivity contribution in [3.63, 3.8) is 0 Å². The maximum Gasteiger partial charge on any atom is 0.165 e. The summed E-state index contributed by atoms with van der Waals surface area (Å²) in [5.74, 6) is -0.755. The quantitative estimate of drug-likeness (QED) is 0.939. The number of nitrogens with zero attached hydrogens (tertiary/aromatic N) is 2. The Morgan fingerprint density at radius 3 is 2.47 bits per heavy atom. The van der Waals surface area contributed by atoms with Crippen molar-refractivity contribution in [3.8, 4) is 17.0 Å². The van der Waals surface area contributed by atoms with Gasteiger partial charge in [-0.15, -0.1) is 0 Å². The first-order valence-electron chi connectivity index (χ1n) is 5.40. The molecule has 2 aromatic rings. The minimum Gasteiger partial charge on any atom is -0.494 e. The molecular weight excluding hydrogens is 320 g/mol. The highest BCUT2D eigenvalue weighted by Crippen LogP contribution is 2.36. The standard InChI is InChI=1S/C12H12BrF2N3O/c1-18(2)12-10(13)11(16-17-12)6-4-8(15)9(19-3)5-7(6)14/h4-5H,1-3H3,(H,16,17). The first-order chi connectivity index (χ1) is 8.95. The zero-order valence-corrected chi connectivity index (χ0v) is 12.2. The van der Waals surface area contributed by atoms with Crippen LogP contribution in [-0.2, 0) is 0 Å². The molecule has 0 bridgehead atoms. The number of aromatic amines is 1. The van der Waals surface area contributed by atoms with Gasteiger partial charge in [-0.25, -0.2) is 8.78 Å². The van der Waals surface area contributed by atoms with Crippen LogP contribution in [0.5, 0.6) is 5.75 Å². The highest BCUT2D eigenvalue weighted by Gasteiger charge is 2.19. The molecule has 0 saturated carbocycles. The van der Waals surface area contributed by atoms with Crippen molar-refractivity contribution < 1.29 is 13.5 Å². The lowest BCUT2D eigenvalue weighted by atomic mass is 10.1. The van der Waals surface area contributed by atoms with Crippen LogP contribution in [0.15, 0.2) is 16.6 Å². The topological polar surface area (TPSA) is 41.1 Å². The molecule has 0 amide bonds. The summed E-state index contributed by atoms with van der Waals surface area (Å²) in [7, 11) is 4.89. The van der Waals surface area contributed by atoms with Gasteiger partial charge in [0.25, 0.3) is 0 Å². The van der Waals surface area contributed by atoms with Gasteiger partial charge in [-0.2, -0.15) is 5.10 Å². The number of methoxy groups -OCH3 is 1. The fourth-order valence-corrected chi connectivity index (χ4v) is 2.42. The first kappa shape index (κ1) is 13.8. The van der Waals surface area contributed by atoms with Crippen LogP contribution in [0.25, 0.3) is 11.3 Å². The lowest BCUT2D eigenvalue weighted by Gasteiger charge is -2.09. The van der Waals surface area contributed by atoms with E-state index in [4.69, 9.17) is 4.74 Å². The maximum atomic E-state index is 14.0. The van der Waals surface area contributed by atoms with Gasteiger partial charge in [0, 0.05) is 25.7 Å². The minimum absolute atomic E-state index is 0.0887. The van der Waals surface area contributed by atoms with Crippen LogP contribution in [-0.4, -0.2) is 31.4 Å². The third-order valence-electron chi connectivity index (χ3n) is 2.62. The van der Waals surface area contributed by atoms with Crippen LogP contribution in [0, 0.1) is 11.6 Å². The number of nitrogens with one attached hydrogen (secondary N) is 1. The van der Waals surface area contributed by atoms with Gasteiger partial charge >= 0.3 is 0 Å². The zero-order chi connectivity index (χ0) is 14.2. The molecule has 0 unspecified atom stereocenters. The number of benzene rings is 1. The predicted octanol–water partition coefficient (Wildman–Crippen LogP) is 3.19. The lowest BCUT2D eigenvalue weighted by molar-refractivity contribution is 0.383. The fraction of sp³-hybridized carbons (Fsp3) is 0.250. The molecule has 2 rings (SSSR count). The summed E-state index contributed by atoms with van der Waals surface area (Å²) in [6, 6.07) is 2.08. The Labute approximate surface area is 117 Å². The monoisotopic (exact) mass is 331 g/mol. The largest absolute Gasteiger partial charge is 0.494 e. The first-order valence-corrected chi connectivity index (χ1v) is 6.19. The number of rotatable bonds is 3. The van der Waals surface area contributed by atoms with E-state index in [0.717, 1.165) is 12.1 Å². The summed E-state index contributed by atoms with van der Waals surface area (Å²) in [6.07, 6.45) is 0. The molecule has 0 fully saturated rings. The Bertz CT molecular complexity index is 613. The Hall–Kier alpha value is -1.63. The van der Waals surface area contributed by atoms with E-state index in [1.165, 1.54) is 7.11 Å². The lowest BCUT2D eigenvalue weighted by Crippen LogP contribution is -2.09. The average molecular weight is 332 g/mol. The van der Waals surface area contributed by atoms with Crippen molar-refractivity contribution in [1.82, 2.24) is 10.2 Å². The van der Waals surface area contributed by atoms with Crippen molar-refractivity contribution >= 4 is 21.7 Å². The second-order valence-corrected chi connectivity index (χ2v) is 4.89. The Morgan fingerprint density at radius 1 is 1.26 bits per heavy atom. The van der Waals surface area contributed by atoms with Gasteiger partial charge in [0.05, 0.1) is 17.3 Å². The smallest absolute Gasteiger partial charge is 0.165 e. The molecule has 0 saturated heterocycles. The maximum absolute atomic E-state index is 14.0. The van der Waals surface area contributed by atoms with Crippen LogP contribution in [0.4, 0.5) is 14.6 Å². The molecule has 1 N–H and O–H groups in total. The minimum atomic E-state index is -0.633. The second kappa shape index (κ2) is 5.16. The number of halogens is 3. The number of H-pyrrole nitrogens is 1. The van der Waals surface area contributed by atoms with E-state index in [1.807, 2.05) is 0 Å². The zero-order valence-electron chi connectivity index (χ0n) is 10.6. The Morgan fingerprint density at radius 2 is 1.95 bits per heavy atom. The summed E-state index contributed by atoms with van der Waals surface area (Å²) < 4.78 is 32.9. The van der Waals surface area contributed by atoms with E-state index in [-0.39, 0.29) is 11.3 Å². The van der Waals surface area contributed by atoms with E-state index < -0.39 is 11.6 Å². The highest BCUT2D eigenvalue weighted by molar-refractivity contribution is 9.10. The Balaban J connectivity index is 2.56.